The largest absolute Gasteiger partial charge is 0.369 e. The van der Waals surface area contributed by atoms with E-state index in [1.165, 1.54) is 31.4 Å². The average molecular weight is 362 g/mol. The lowest BCUT2D eigenvalue weighted by Gasteiger charge is -2.37. The molecule has 5 heteroatoms. The van der Waals surface area contributed by atoms with Gasteiger partial charge in [-0.05, 0) is 49.9 Å². The summed E-state index contributed by atoms with van der Waals surface area (Å²) in [5.74, 6) is 1.15. The van der Waals surface area contributed by atoms with Crippen molar-refractivity contribution in [2.75, 3.05) is 37.6 Å². The Morgan fingerprint density at radius 2 is 1.92 bits per heavy atom. The summed E-state index contributed by atoms with van der Waals surface area (Å²) < 4.78 is 0. The van der Waals surface area contributed by atoms with Gasteiger partial charge >= 0.3 is 0 Å². The van der Waals surface area contributed by atoms with Crippen LogP contribution >= 0.6 is 11.6 Å². The molecule has 0 aromatic heterocycles. The topological polar surface area (TPSA) is 35.6 Å². The van der Waals surface area contributed by atoms with E-state index in [1.807, 2.05) is 18.2 Å². The molecule has 1 unspecified atom stereocenters. The van der Waals surface area contributed by atoms with Crippen molar-refractivity contribution < 1.29 is 4.79 Å². The maximum atomic E-state index is 12.3. The highest BCUT2D eigenvalue weighted by Crippen LogP contribution is 2.37. The van der Waals surface area contributed by atoms with Crippen molar-refractivity contribution in [2.24, 2.45) is 11.8 Å². The Kier molecular flexibility index (Phi) is 5.18. The fourth-order valence-corrected chi connectivity index (χ4v) is 5.06. The highest BCUT2D eigenvalue weighted by atomic mass is 35.5. The molecule has 2 saturated heterocycles. The van der Waals surface area contributed by atoms with Gasteiger partial charge in [0, 0.05) is 48.8 Å². The lowest BCUT2D eigenvalue weighted by Crippen LogP contribution is -2.47. The van der Waals surface area contributed by atoms with E-state index in [0.29, 0.717) is 17.9 Å². The molecule has 0 bridgehead atoms. The third kappa shape index (κ3) is 3.80. The zero-order valence-corrected chi connectivity index (χ0v) is 15.5. The lowest BCUT2D eigenvalue weighted by atomic mass is 9.78. The third-order valence-corrected chi connectivity index (χ3v) is 6.54. The Hall–Kier alpha value is -1.26. The standard InChI is InChI=1S/C20H28ClN3O/c21-15-4-3-5-16(14-15)24-12-10-23(11-13-24)9-8-18-17-6-1-2-7-19(17)22-20(18)25/h3-5,14,17-19H,1-2,6-13H2,(H,22,25)/t17-,18?,19+/m0/s1. The smallest absolute Gasteiger partial charge is 0.223 e. The van der Waals surface area contributed by atoms with Gasteiger partial charge in [0.15, 0.2) is 0 Å². The zero-order valence-electron chi connectivity index (χ0n) is 14.8. The Morgan fingerprint density at radius 3 is 2.72 bits per heavy atom. The third-order valence-electron chi connectivity index (χ3n) is 6.30. The van der Waals surface area contributed by atoms with Crippen molar-refractivity contribution in [2.45, 2.75) is 38.1 Å². The van der Waals surface area contributed by atoms with Crippen LogP contribution in [0.4, 0.5) is 5.69 Å². The van der Waals surface area contributed by atoms with Crippen LogP contribution in [0.3, 0.4) is 0 Å². The molecule has 1 N–H and O–H groups in total. The van der Waals surface area contributed by atoms with Crippen molar-refractivity contribution in [3.8, 4) is 0 Å². The molecule has 2 aliphatic heterocycles. The number of nitrogens with zero attached hydrogens (tertiary/aromatic N) is 2. The van der Waals surface area contributed by atoms with Crippen molar-refractivity contribution in [3.05, 3.63) is 29.3 Å². The quantitative estimate of drug-likeness (QED) is 0.894. The van der Waals surface area contributed by atoms with E-state index in [-0.39, 0.29) is 5.92 Å². The highest BCUT2D eigenvalue weighted by molar-refractivity contribution is 6.30. The second kappa shape index (κ2) is 7.55. The zero-order chi connectivity index (χ0) is 17.2. The van der Waals surface area contributed by atoms with Gasteiger partial charge in [0.25, 0.3) is 0 Å². The molecular weight excluding hydrogens is 334 g/mol. The fraction of sp³-hybridized carbons (Fsp3) is 0.650. The number of hydrogen-bond donors (Lipinski definition) is 1. The summed E-state index contributed by atoms with van der Waals surface area (Å²) in [6, 6.07) is 8.58. The summed E-state index contributed by atoms with van der Waals surface area (Å²) in [5.41, 5.74) is 1.22. The van der Waals surface area contributed by atoms with Crippen LogP contribution in [0.5, 0.6) is 0 Å². The van der Waals surface area contributed by atoms with E-state index >= 15 is 0 Å². The van der Waals surface area contributed by atoms with Crippen molar-refractivity contribution in [1.29, 1.82) is 0 Å². The van der Waals surface area contributed by atoms with Crippen LogP contribution in [0.2, 0.25) is 5.02 Å². The number of piperazine rings is 1. The van der Waals surface area contributed by atoms with Gasteiger partial charge in [-0.2, -0.15) is 0 Å². The maximum Gasteiger partial charge on any atom is 0.223 e. The summed E-state index contributed by atoms with van der Waals surface area (Å²) in [4.78, 5) is 17.3. The van der Waals surface area contributed by atoms with Gasteiger partial charge < -0.3 is 10.2 Å². The number of hydrogen-bond acceptors (Lipinski definition) is 3. The lowest BCUT2D eigenvalue weighted by molar-refractivity contribution is -0.123. The molecule has 1 aromatic rings. The van der Waals surface area contributed by atoms with Crippen LogP contribution in [0.1, 0.15) is 32.1 Å². The number of anilines is 1. The molecule has 0 radical (unpaired) electrons. The number of nitrogens with one attached hydrogen (secondary N) is 1. The minimum atomic E-state index is 0.247. The molecule has 4 rings (SSSR count). The number of rotatable bonds is 4. The van der Waals surface area contributed by atoms with Gasteiger partial charge in [-0.1, -0.05) is 30.5 Å². The van der Waals surface area contributed by atoms with Crippen LogP contribution in [-0.4, -0.2) is 49.6 Å². The van der Waals surface area contributed by atoms with Gasteiger partial charge in [-0.15, -0.1) is 0 Å². The molecular formula is C20H28ClN3O. The first-order valence-electron chi connectivity index (χ1n) is 9.74. The van der Waals surface area contributed by atoms with E-state index in [9.17, 15) is 4.79 Å². The molecule has 2 heterocycles. The van der Waals surface area contributed by atoms with Crippen molar-refractivity contribution in [3.63, 3.8) is 0 Å². The molecule has 3 aliphatic rings. The van der Waals surface area contributed by atoms with E-state index in [2.05, 4.69) is 21.2 Å². The second-order valence-electron chi connectivity index (χ2n) is 7.77. The Bertz CT molecular complexity index is 615. The second-order valence-corrected chi connectivity index (χ2v) is 8.20. The first-order chi connectivity index (χ1) is 12.2. The van der Waals surface area contributed by atoms with Crippen LogP contribution in [0.25, 0.3) is 0 Å². The van der Waals surface area contributed by atoms with Gasteiger partial charge in [-0.3, -0.25) is 9.69 Å². The van der Waals surface area contributed by atoms with Crippen LogP contribution < -0.4 is 10.2 Å². The number of carbonyl (C=O) groups excluding carboxylic acids is 1. The van der Waals surface area contributed by atoms with E-state index < -0.39 is 0 Å². The van der Waals surface area contributed by atoms with Crippen LogP contribution in [0, 0.1) is 11.8 Å². The van der Waals surface area contributed by atoms with E-state index in [0.717, 1.165) is 44.2 Å². The monoisotopic (exact) mass is 361 g/mol. The molecule has 1 amide bonds. The summed E-state index contributed by atoms with van der Waals surface area (Å²) in [5, 5.41) is 4.05. The molecule has 4 nitrogen and oxygen atoms in total. The summed E-state index contributed by atoms with van der Waals surface area (Å²) >= 11 is 6.11. The van der Waals surface area contributed by atoms with Gasteiger partial charge in [0.05, 0.1) is 0 Å². The number of amides is 1. The highest BCUT2D eigenvalue weighted by Gasteiger charge is 2.42. The summed E-state index contributed by atoms with van der Waals surface area (Å²) in [6.45, 7) is 5.24. The molecule has 0 spiro atoms. The maximum absolute atomic E-state index is 12.3. The number of benzene rings is 1. The number of fused-ring (bicyclic) bond motifs is 1. The minimum Gasteiger partial charge on any atom is -0.369 e. The average Bonchev–Trinajstić information content (AvgIpc) is 2.95. The normalized spacial score (nSPS) is 30.2. The molecule has 25 heavy (non-hydrogen) atoms. The fourth-order valence-electron chi connectivity index (χ4n) is 4.87. The SMILES string of the molecule is O=C1N[C@@H]2CCCC[C@H]2C1CCN1CCN(c2cccc(Cl)c2)CC1. The van der Waals surface area contributed by atoms with Crippen molar-refractivity contribution in [1.82, 2.24) is 10.2 Å². The van der Waals surface area contributed by atoms with E-state index in [4.69, 9.17) is 11.6 Å². The molecule has 1 aromatic carbocycles. The van der Waals surface area contributed by atoms with Crippen molar-refractivity contribution >= 4 is 23.2 Å². The molecule has 3 atom stereocenters. The molecule has 136 valence electrons. The minimum absolute atomic E-state index is 0.247. The molecule has 1 saturated carbocycles. The molecule has 3 fully saturated rings. The van der Waals surface area contributed by atoms with Gasteiger partial charge in [0.2, 0.25) is 5.91 Å². The summed E-state index contributed by atoms with van der Waals surface area (Å²) in [7, 11) is 0. The predicted molar refractivity (Wildman–Crippen MR) is 102 cm³/mol. The Morgan fingerprint density at radius 1 is 1.12 bits per heavy atom. The predicted octanol–water partition coefficient (Wildman–Crippen LogP) is 3.16. The van der Waals surface area contributed by atoms with Gasteiger partial charge in [0.1, 0.15) is 0 Å². The number of carbonyl (C=O) groups is 1. The van der Waals surface area contributed by atoms with Gasteiger partial charge in [-0.25, -0.2) is 0 Å². The molecule has 1 aliphatic carbocycles. The van der Waals surface area contributed by atoms with Crippen LogP contribution in [0.15, 0.2) is 24.3 Å². The van der Waals surface area contributed by atoms with E-state index in [1.54, 1.807) is 0 Å². The summed E-state index contributed by atoms with van der Waals surface area (Å²) in [6.07, 6.45) is 6.01. The van der Waals surface area contributed by atoms with Crippen LogP contribution in [-0.2, 0) is 4.79 Å². The number of halogens is 1. The Labute approximate surface area is 155 Å². The first kappa shape index (κ1) is 17.2. The first-order valence-corrected chi connectivity index (χ1v) is 10.1. The Balaban J connectivity index is 1.27.